The molecule has 0 aliphatic carbocycles. The van der Waals surface area contributed by atoms with E-state index in [4.69, 9.17) is 9.47 Å². The first-order valence-corrected chi connectivity index (χ1v) is 5.07. The van der Waals surface area contributed by atoms with Crippen LogP contribution in [-0.2, 0) is 14.3 Å². The highest BCUT2D eigenvalue weighted by Crippen LogP contribution is 2.31. The molecule has 2 aliphatic rings. The standard InChI is InChI=1S/C10H17NO3/c1-10(2)11(3)7(6-13-10)8-4-5-9(12)14-8/h7-8H,4-6H2,1-3H3. The zero-order valence-corrected chi connectivity index (χ0v) is 8.95. The zero-order valence-electron chi connectivity index (χ0n) is 8.95. The molecule has 0 aromatic heterocycles. The highest BCUT2D eigenvalue weighted by atomic mass is 16.6. The van der Waals surface area contributed by atoms with Crippen molar-refractivity contribution in [3.05, 3.63) is 0 Å². The van der Waals surface area contributed by atoms with E-state index in [0.29, 0.717) is 13.0 Å². The summed E-state index contributed by atoms with van der Waals surface area (Å²) in [4.78, 5) is 13.1. The van der Waals surface area contributed by atoms with E-state index in [1.807, 2.05) is 20.9 Å². The molecule has 4 nitrogen and oxygen atoms in total. The number of hydrogen-bond acceptors (Lipinski definition) is 4. The third-order valence-electron chi connectivity index (χ3n) is 3.30. The molecule has 0 saturated carbocycles. The highest BCUT2D eigenvalue weighted by Gasteiger charge is 2.44. The Balaban J connectivity index is 2.03. The predicted molar refractivity (Wildman–Crippen MR) is 50.7 cm³/mol. The molecule has 80 valence electrons. The minimum atomic E-state index is -0.236. The van der Waals surface area contributed by atoms with Crippen molar-refractivity contribution < 1.29 is 14.3 Å². The van der Waals surface area contributed by atoms with E-state index in [9.17, 15) is 4.79 Å². The summed E-state index contributed by atoms with van der Waals surface area (Å²) in [6.07, 6.45) is 1.40. The molecule has 0 amide bonds. The molecule has 0 radical (unpaired) electrons. The second kappa shape index (κ2) is 3.21. The Morgan fingerprint density at radius 3 is 2.64 bits per heavy atom. The Bertz CT molecular complexity index is 252. The van der Waals surface area contributed by atoms with Crippen LogP contribution in [0.3, 0.4) is 0 Å². The predicted octanol–water partition coefficient (Wildman–Crippen LogP) is 0.759. The van der Waals surface area contributed by atoms with Gasteiger partial charge in [-0.1, -0.05) is 0 Å². The summed E-state index contributed by atoms with van der Waals surface area (Å²) in [5, 5.41) is 0. The van der Waals surface area contributed by atoms with Gasteiger partial charge in [-0.25, -0.2) is 0 Å². The van der Waals surface area contributed by atoms with Crippen molar-refractivity contribution in [2.45, 2.75) is 44.6 Å². The molecule has 2 rings (SSSR count). The van der Waals surface area contributed by atoms with Gasteiger partial charge in [0, 0.05) is 6.42 Å². The third kappa shape index (κ3) is 1.53. The lowest BCUT2D eigenvalue weighted by Crippen LogP contribution is -2.45. The van der Waals surface area contributed by atoms with Crippen LogP contribution in [0.25, 0.3) is 0 Å². The van der Waals surface area contributed by atoms with Gasteiger partial charge in [0.2, 0.25) is 0 Å². The van der Waals surface area contributed by atoms with Crippen molar-refractivity contribution in [2.24, 2.45) is 0 Å². The van der Waals surface area contributed by atoms with E-state index in [-0.39, 0.29) is 23.8 Å². The summed E-state index contributed by atoms with van der Waals surface area (Å²) in [5.74, 6) is -0.0758. The van der Waals surface area contributed by atoms with Gasteiger partial charge in [0.05, 0.1) is 12.6 Å². The molecule has 2 unspecified atom stereocenters. The minimum absolute atomic E-state index is 0.0225. The minimum Gasteiger partial charge on any atom is -0.461 e. The van der Waals surface area contributed by atoms with Gasteiger partial charge >= 0.3 is 5.97 Å². The third-order valence-corrected chi connectivity index (χ3v) is 3.30. The Labute approximate surface area is 84.2 Å². The number of nitrogens with zero attached hydrogens (tertiary/aromatic N) is 1. The fourth-order valence-electron chi connectivity index (χ4n) is 2.08. The largest absolute Gasteiger partial charge is 0.461 e. The van der Waals surface area contributed by atoms with Crippen molar-refractivity contribution in [2.75, 3.05) is 13.7 Å². The number of esters is 1. The lowest BCUT2D eigenvalue weighted by Gasteiger charge is -2.31. The van der Waals surface area contributed by atoms with E-state index in [1.165, 1.54) is 0 Å². The van der Waals surface area contributed by atoms with Crippen LogP contribution in [0.5, 0.6) is 0 Å². The van der Waals surface area contributed by atoms with Crippen molar-refractivity contribution in [3.63, 3.8) is 0 Å². The summed E-state index contributed by atoms with van der Waals surface area (Å²) < 4.78 is 10.9. The normalized spacial score (nSPS) is 37.5. The first-order chi connectivity index (χ1) is 6.50. The SMILES string of the molecule is CN1C(C2CCC(=O)O2)COC1(C)C. The van der Waals surface area contributed by atoms with Crippen LogP contribution >= 0.6 is 0 Å². The first kappa shape index (κ1) is 9.93. The number of likely N-dealkylation sites (N-methyl/N-ethyl adjacent to an activating group) is 1. The summed E-state index contributed by atoms with van der Waals surface area (Å²) >= 11 is 0. The summed E-state index contributed by atoms with van der Waals surface area (Å²) in [7, 11) is 2.02. The zero-order chi connectivity index (χ0) is 10.3. The molecule has 2 fully saturated rings. The van der Waals surface area contributed by atoms with Gasteiger partial charge in [-0.05, 0) is 27.3 Å². The molecule has 0 aromatic carbocycles. The number of cyclic esters (lactones) is 1. The van der Waals surface area contributed by atoms with Crippen LogP contribution < -0.4 is 0 Å². The van der Waals surface area contributed by atoms with E-state index >= 15 is 0 Å². The van der Waals surface area contributed by atoms with Gasteiger partial charge in [-0.3, -0.25) is 9.69 Å². The van der Waals surface area contributed by atoms with Crippen molar-refractivity contribution in [3.8, 4) is 0 Å². The van der Waals surface area contributed by atoms with E-state index in [2.05, 4.69) is 4.90 Å². The Kier molecular flexibility index (Phi) is 2.27. The molecule has 2 atom stereocenters. The molecule has 2 aliphatic heterocycles. The van der Waals surface area contributed by atoms with Crippen molar-refractivity contribution >= 4 is 5.97 Å². The lowest BCUT2D eigenvalue weighted by molar-refractivity contribution is -0.143. The monoisotopic (exact) mass is 199 g/mol. The number of ether oxygens (including phenoxy) is 2. The van der Waals surface area contributed by atoms with Crippen LogP contribution in [0.15, 0.2) is 0 Å². The smallest absolute Gasteiger partial charge is 0.306 e. The number of hydrogen-bond donors (Lipinski definition) is 0. The maximum atomic E-state index is 11.0. The van der Waals surface area contributed by atoms with Gasteiger partial charge < -0.3 is 9.47 Å². The molecular weight excluding hydrogens is 182 g/mol. The van der Waals surface area contributed by atoms with Gasteiger partial charge in [-0.15, -0.1) is 0 Å². The Morgan fingerprint density at radius 2 is 2.21 bits per heavy atom. The van der Waals surface area contributed by atoms with E-state index < -0.39 is 0 Å². The molecule has 0 aromatic rings. The molecule has 0 N–H and O–H groups in total. The van der Waals surface area contributed by atoms with Crippen LogP contribution in [-0.4, -0.2) is 42.4 Å². The maximum Gasteiger partial charge on any atom is 0.306 e. The number of rotatable bonds is 1. The van der Waals surface area contributed by atoms with E-state index in [0.717, 1.165) is 6.42 Å². The first-order valence-electron chi connectivity index (χ1n) is 5.07. The average Bonchev–Trinajstić information content (AvgIpc) is 2.60. The Morgan fingerprint density at radius 1 is 1.50 bits per heavy atom. The fraction of sp³-hybridized carbons (Fsp3) is 0.900. The van der Waals surface area contributed by atoms with Crippen LogP contribution in [0.4, 0.5) is 0 Å². The van der Waals surface area contributed by atoms with Crippen molar-refractivity contribution in [1.82, 2.24) is 4.90 Å². The number of carbonyl (C=O) groups is 1. The van der Waals surface area contributed by atoms with E-state index in [1.54, 1.807) is 0 Å². The van der Waals surface area contributed by atoms with Crippen LogP contribution in [0.1, 0.15) is 26.7 Å². The Hall–Kier alpha value is -0.610. The topological polar surface area (TPSA) is 38.8 Å². The number of carbonyl (C=O) groups excluding carboxylic acids is 1. The summed E-state index contributed by atoms with van der Waals surface area (Å²) in [6.45, 7) is 4.72. The lowest BCUT2D eigenvalue weighted by atomic mass is 10.1. The molecule has 2 saturated heterocycles. The maximum absolute atomic E-state index is 11.0. The van der Waals surface area contributed by atoms with Crippen LogP contribution in [0.2, 0.25) is 0 Å². The quantitative estimate of drug-likeness (QED) is 0.584. The summed E-state index contributed by atoms with van der Waals surface area (Å²) in [5.41, 5.74) is -0.236. The molecule has 0 spiro atoms. The molecule has 4 heteroatoms. The van der Waals surface area contributed by atoms with Gasteiger partial charge in [0.25, 0.3) is 0 Å². The van der Waals surface area contributed by atoms with Gasteiger partial charge in [0.1, 0.15) is 11.8 Å². The molecule has 14 heavy (non-hydrogen) atoms. The second-order valence-corrected chi connectivity index (χ2v) is 4.50. The molecule has 2 heterocycles. The average molecular weight is 199 g/mol. The summed E-state index contributed by atoms with van der Waals surface area (Å²) in [6, 6.07) is 0.219. The molecular formula is C10H17NO3. The second-order valence-electron chi connectivity index (χ2n) is 4.50. The van der Waals surface area contributed by atoms with Crippen LogP contribution in [0, 0.1) is 0 Å². The fourth-order valence-corrected chi connectivity index (χ4v) is 2.08. The van der Waals surface area contributed by atoms with Crippen molar-refractivity contribution in [1.29, 1.82) is 0 Å². The highest BCUT2D eigenvalue weighted by molar-refractivity contribution is 5.71. The molecule has 0 bridgehead atoms. The van der Waals surface area contributed by atoms with Gasteiger partial charge in [0.15, 0.2) is 0 Å². The van der Waals surface area contributed by atoms with Gasteiger partial charge in [-0.2, -0.15) is 0 Å².